The van der Waals surface area contributed by atoms with Crippen molar-refractivity contribution < 1.29 is 28.8 Å². The first-order chi connectivity index (χ1) is 34.8. The molecule has 2 heterocycles. The Hall–Kier alpha value is -8.62. The normalized spacial score (nSPS) is 13.4. The number of hydrogen-bond acceptors (Lipinski definition) is 11. The second kappa shape index (κ2) is 28.9. The Labute approximate surface area is 421 Å². The molecule has 396 valence electrons. The maximum atomic E-state index is 14.6. The Morgan fingerprint density at radius 1 is 0.425 bits per heavy atom. The molecule has 0 spiro atoms. The number of aromatic nitrogens is 2. The fourth-order valence-corrected chi connectivity index (χ4v) is 7.81. The topological polar surface area (TPSA) is 504 Å². The van der Waals surface area contributed by atoms with Crippen LogP contribution in [0.3, 0.4) is 0 Å². The van der Waals surface area contributed by atoms with E-state index in [4.69, 9.17) is 57.3 Å². The standard InChI is InChI=1S/C46H71N21O6/c47-29(11-5-17-57-43(49)50)38(69)63-32(14-6-18-58-44(51)52)39(70)64-33(15-7-19-59-45(53)54)40(71)65-34(16-8-20-60-46(55)56)41(72)67-36(22-26-24-62-31-13-4-2-10-28(26)31)42(73)66-35(37(48)68)21-25-23-61-30-12-3-1-9-27(25)30/h1-4,9-10,12-13,23-24,29,32-36,61-62H,5-8,11,14-22,47H2,(H2,48,68)(H,63,69)(H,64,70)(H,65,71)(H,66,73)(H,67,72)(H4,49,50,57)(H4,51,52,58)(H4,53,54,59)(H4,55,56,60)/t29-,32-,33+,34-,35+,36+/m0/s1. The number of nitrogens with two attached hydrogens (primary N) is 10. The monoisotopic (exact) mass is 1010 g/mol. The van der Waals surface area contributed by atoms with Gasteiger partial charge in [0.1, 0.15) is 30.2 Å². The molecule has 0 bridgehead atoms. The largest absolute Gasteiger partial charge is 0.370 e. The van der Waals surface area contributed by atoms with Crippen LogP contribution in [0.4, 0.5) is 0 Å². The molecule has 0 saturated heterocycles. The summed E-state index contributed by atoms with van der Waals surface area (Å²) in [6, 6.07) is 7.28. The maximum absolute atomic E-state index is 14.6. The molecule has 73 heavy (non-hydrogen) atoms. The van der Waals surface area contributed by atoms with Crippen LogP contribution >= 0.6 is 0 Å². The lowest BCUT2D eigenvalue weighted by Gasteiger charge is -2.27. The maximum Gasteiger partial charge on any atom is 0.243 e. The number of rotatable bonds is 31. The zero-order chi connectivity index (χ0) is 53.5. The van der Waals surface area contributed by atoms with Crippen LogP contribution in [0.15, 0.2) is 80.9 Å². The van der Waals surface area contributed by atoms with E-state index in [0.717, 1.165) is 27.4 Å². The number of carbonyl (C=O) groups excluding carboxylic acids is 6. The Balaban J connectivity index is 1.64. The first-order valence-electron chi connectivity index (χ1n) is 23.7. The summed E-state index contributed by atoms with van der Waals surface area (Å²) >= 11 is 0. The number of aromatic amines is 2. The summed E-state index contributed by atoms with van der Waals surface area (Å²) in [5.41, 5.74) is 59.0. The molecule has 27 nitrogen and oxygen atoms in total. The zero-order valence-corrected chi connectivity index (χ0v) is 40.6. The van der Waals surface area contributed by atoms with Crippen LogP contribution in [-0.2, 0) is 41.6 Å². The third-order valence-electron chi connectivity index (χ3n) is 11.5. The molecular weight excluding hydrogens is 943 g/mol. The first kappa shape index (κ1) is 57.0. The number of amides is 6. The summed E-state index contributed by atoms with van der Waals surface area (Å²) < 4.78 is 0. The van der Waals surface area contributed by atoms with E-state index in [-0.39, 0.29) is 108 Å². The van der Waals surface area contributed by atoms with Gasteiger partial charge in [0.15, 0.2) is 23.8 Å². The second-order valence-electron chi connectivity index (χ2n) is 17.2. The minimum atomic E-state index is -1.36. The van der Waals surface area contributed by atoms with Gasteiger partial charge in [0.05, 0.1) is 6.04 Å². The Morgan fingerprint density at radius 3 is 1.12 bits per heavy atom. The lowest BCUT2D eigenvalue weighted by molar-refractivity contribution is -0.135. The van der Waals surface area contributed by atoms with Gasteiger partial charge in [-0.1, -0.05) is 36.4 Å². The van der Waals surface area contributed by atoms with Crippen molar-refractivity contribution in [2.75, 3.05) is 26.2 Å². The lowest BCUT2D eigenvalue weighted by atomic mass is 10.0. The van der Waals surface area contributed by atoms with Crippen LogP contribution in [0.5, 0.6) is 0 Å². The summed E-state index contributed by atoms with van der Waals surface area (Å²) in [6.07, 6.45) is 4.43. The average molecular weight is 1010 g/mol. The van der Waals surface area contributed by atoms with E-state index in [0.29, 0.717) is 12.0 Å². The number of benzene rings is 2. The predicted octanol–water partition coefficient (Wildman–Crippen LogP) is -4.11. The number of nitrogens with zero attached hydrogens (tertiary/aromatic N) is 4. The molecule has 6 amide bonds. The van der Waals surface area contributed by atoms with Crippen molar-refractivity contribution in [2.45, 2.75) is 100 Å². The number of para-hydroxylation sites is 2. The van der Waals surface area contributed by atoms with Crippen molar-refractivity contribution in [3.63, 3.8) is 0 Å². The molecule has 0 fully saturated rings. The quantitative estimate of drug-likeness (QED) is 0.0129. The van der Waals surface area contributed by atoms with Gasteiger partial charge in [-0.05, 0) is 74.6 Å². The van der Waals surface area contributed by atoms with Gasteiger partial charge in [0.2, 0.25) is 35.4 Å². The molecular formula is C46H71N21O6. The molecule has 0 aliphatic carbocycles. The number of fused-ring (bicyclic) bond motifs is 2. The molecule has 4 rings (SSSR count). The van der Waals surface area contributed by atoms with Crippen LogP contribution in [-0.4, -0.2) is 132 Å². The molecule has 2 aromatic heterocycles. The van der Waals surface area contributed by atoms with Crippen LogP contribution < -0.4 is 83.9 Å². The number of nitrogens with one attached hydrogen (secondary N) is 7. The Bertz CT molecular complexity index is 2610. The third-order valence-corrected chi connectivity index (χ3v) is 11.5. The number of hydrogen-bond donors (Lipinski definition) is 17. The van der Waals surface area contributed by atoms with Crippen molar-refractivity contribution in [1.29, 1.82) is 0 Å². The summed E-state index contributed by atoms with van der Waals surface area (Å²) in [7, 11) is 0. The summed E-state index contributed by atoms with van der Waals surface area (Å²) in [5.74, 6) is -5.29. The second-order valence-corrected chi connectivity index (χ2v) is 17.2. The van der Waals surface area contributed by atoms with E-state index in [1.165, 1.54) is 0 Å². The lowest BCUT2D eigenvalue weighted by Crippen LogP contribution is -2.59. The highest BCUT2D eigenvalue weighted by Crippen LogP contribution is 2.21. The highest BCUT2D eigenvalue weighted by atomic mass is 16.2. The molecule has 0 unspecified atom stereocenters. The van der Waals surface area contributed by atoms with Gasteiger partial charge in [0.25, 0.3) is 0 Å². The number of primary amides is 1. The van der Waals surface area contributed by atoms with E-state index < -0.39 is 71.7 Å². The van der Waals surface area contributed by atoms with Gasteiger partial charge < -0.3 is 93.9 Å². The van der Waals surface area contributed by atoms with Gasteiger partial charge in [-0.25, -0.2) is 0 Å². The fraction of sp³-hybridized carbons (Fsp3) is 0.435. The molecule has 2 aromatic carbocycles. The van der Waals surface area contributed by atoms with Crippen molar-refractivity contribution in [3.05, 3.63) is 72.1 Å². The number of aliphatic imine (C=N–C) groups is 4. The van der Waals surface area contributed by atoms with Crippen molar-refractivity contribution in [3.8, 4) is 0 Å². The van der Waals surface area contributed by atoms with Crippen LogP contribution in [0, 0.1) is 0 Å². The SMILES string of the molecule is NC(=O)[C@@H](Cc1c[nH]c2ccccc12)NC(=O)[C@@H](Cc1c[nH]c2ccccc12)NC(=O)[C@H](CCCN=C(N)N)NC(=O)[C@@H](CCCN=C(N)N)NC(=O)[C@H](CCCN=C(N)N)NC(=O)[C@@H](N)CCCN=C(N)N. The van der Waals surface area contributed by atoms with Crippen LogP contribution in [0.25, 0.3) is 21.8 Å². The van der Waals surface area contributed by atoms with Gasteiger partial charge in [-0.2, -0.15) is 0 Å². The summed E-state index contributed by atoms with van der Waals surface area (Å²) in [4.78, 5) is 106. The molecule has 0 aliphatic heterocycles. The van der Waals surface area contributed by atoms with Crippen molar-refractivity contribution in [1.82, 2.24) is 36.6 Å². The highest BCUT2D eigenvalue weighted by Gasteiger charge is 2.33. The minimum Gasteiger partial charge on any atom is -0.370 e. The van der Waals surface area contributed by atoms with Gasteiger partial charge >= 0.3 is 0 Å². The number of H-pyrrole nitrogens is 2. The summed E-state index contributed by atoms with van der Waals surface area (Å²) in [6.45, 7) is 0.453. The summed E-state index contributed by atoms with van der Waals surface area (Å²) in [5, 5.41) is 15.3. The molecule has 0 radical (unpaired) electrons. The van der Waals surface area contributed by atoms with Crippen LogP contribution in [0.2, 0.25) is 0 Å². The van der Waals surface area contributed by atoms with E-state index in [1.54, 1.807) is 12.4 Å². The van der Waals surface area contributed by atoms with E-state index in [1.807, 2.05) is 48.5 Å². The van der Waals surface area contributed by atoms with E-state index in [2.05, 4.69) is 56.5 Å². The van der Waals surface area contributed by atoms with Crippen molar-refractivity contribution in [2.24, 2.45) is 77.3 Å². The smallest absolute Gasteiger partial charge is 0.243 e. The van der Waals surface area contributed by atoms with Crippen LogP contribution in [0.1, 0.15) is 62.5 Å². The zero-order valence-electron chi connectivity index (χ0n) is 40.6. The molecule has 27 heteroatoms. The molecule has 6 atom stereocenters. The number of carbonyl (C=O) groups is 6. The molecule has 27 N–H and O–H groups in total. The highest BCUT2D eigenvalue weighted by molar-refractivity contribution is 5.97. The Morgan fingerprint density at radius 2 is 0.740 bits per heavy atom. The van der Waals surface area contributed by atoms with E-state index >= 15 is 0 Å². The first-order valence-corrected chi connectivity index (χ1v) is 23.7. The van der Waals surface area contributed by atoms with Gasteiger partial charge in [0, 0.05) is 73.2 Å². The molecule has 0 saturated carbocycles. The molecule has 4 aromatic rings. The van der Waals surface area contributed by atoms with Gasteiger partial charge in [-0.15, -0.1) is 0 Å². The minimum absolute atomic E-state index is 0.0194. The average Bonchev–Trinajstić information content (AvgIpc) is 3.95. The van der Waals surface area contributed by atoms with Crippen molar-refractivity contribution >= 4 is 81.1 Å². The Kier molecular flexibility index (Phi) is 22.6. The number of guanidine groups is 4. The molecule has 0 aliphatic rings. The van der Waals surface area contributed by atoms with E-state index in [9.17, 15) is 28.8 Å². The predicted molar refractivity (Wildman–Crippen MR) is 280 cm³/mol. The fourth-order valence-electron chi connectivity index (χ4n) is 7.81. The van der Waals surface area contributed by atoms with Gasteiger partial charge in [-0.3, -0.25) is 48.7 Å². The third kappa shape index (κ3) is 19.2.